The Hall–Kier alpha value is -1.26. The molecule has 2 rings (SSSR count). The molecule has 0 saturated heterocycles. The van der Waals surface area contributed by atoms with Gasteiger partial charge >= 0.3 is 0 Å². The highest BCUT2D eigenvalue weighted by atomic mass is 19.1. The Labute approximate surface area is 139 Å². The number of halogens is 1. The van der Waals surface area contributed by atoms with Gasteiger partial charge in [0.15, 0.2) is 0 Å². The average molecular weight is 320 g/mol. The van der Waals surface area contributed by atoms with Gasteiger partial charge in [0.1, 0.15) is 5.82 Å². The molecule has 0 aliphatic heterocycles. The molecule has 1 heterocycles. The van der Waals surface area contributed by atoms with Gasteiger partial charge < -0.3 is 10.4 Å². The zero-order valence-electron chi connectivity index (χ0n) is 14.7. The second-order valence-corrected chi connectivity index (χ2v) is 7.64. The number of allylic oxidation sites excluding steroid dienone is 2. The van der Waals surface area contributed by atoms with Crippen LogP contribution in [0.5, 0.6) is 0 Å². The van der Waals surface area contributed by atoms with Crippen molar-refractivity contribution in [2.45, 2.75) is 59.5 Å². The van der Waals surface area contributed by atoms with Crippen LogP contribution in [0.25, 0.3) is 5.57 Å². The van der Waals surface area contributed by atoms with E-state index in [4.69, 9.17) is 0 Å². The molecule has 1 unspecified atom stereocenters. The van der Waals surface area contributed by atoms with Crippen LogP contribution < -0.4 is 5.32 Å². The standard InChI is InChI=1S/C19H29FN2O/c1-13(2)18(12-23)21-11-17-15(20)5-6-16(22-17)14-7-9-19(3,4)10-8-14/h5-7,13,18,21,23H,8-12H2,1-4H3. The molecule has 2 N–H and O–H groups in total. The van der Waals surface area contributed by atoms with E-state index in [1.54, 1.807) is 6.07 Å². The van der Waals surface area contributed by atoms with Gasteiger partial charge in [0.2, 0.25) is 0 Å². The second kappa shape index (κ2) is 7.54. The molecule has 128 valence electrons. The third-order valence-corrected chi connectivity index (χ3v) is 4.75. The van der Waals surface area contributed by atoms with Crippen LogP contribution in [-0.2, 0) is 6.54 Å². The summed E-state index contributed by atoms with van der Waals surface area (Å²) in [6.07, 6.45) is 5.40. The van der Waals surface area contributed by atoms with Gasteiger partial charge in [0, 0.05) is 12.6 Å². The Morgan fingerprint density at radius 2 is 2.09 bits per heavy atom. The van der Waals surface area contributed by atoms with E-state index in [1.165, 1.54) is 11.6 Å². The molecule has 0 aromatic carbocycles. The molecule has 0 fully saturated rings. The largest absolute Gasteiger partial charge is 0.395 e. The van der Waals surface area contributed by atoms with Crippen LogP contribution in [0.3, 0.4) is 0 Å². The summed E-state index contributed by atoms with van der Waals surface area (Å²) in [5.41, 5.74) is 2.86. The van der Waals surface area contributed by atoms with E-state index >= 15 is 0 Å². The molecule has 0 spiro atoms. The van der Waals surface area contributed by atoms with Crippen LogP contribution in [0.4, 0.5) is 4.39 Å². The molecule has 1 atom stereocenters. The minimum atomic E-state index is -0.293. The predicted octanol–water partition coefficient (Wildman–Crippen LogP) is 3.92. The van der Waals surface area contributed by atoms with Gasteiger partial charge in [0.05, 0.1) is 18.0 Å². The van der Waals surface area contributed by atoms with Crippen molar-refractivity contribution in [3.63, 3.8) is 0 Å². The van der Waals surface area contributed by atoms with Gasteiger partial charge in [-0.3, -0.25) is 0 Å². The fraction of sp³-hybridized carbons (Fsp3) is 0.632. The van der Waals surface area contributed by atoms with Crippen LogP contribution >= 0.6 is 0 Å². The lowest BCUT2D eigenvalue weighted by atomic mass is 9.78. The molecule has 1 aromatic rings. The molecule has 0 bridgehead atoms. The van der Waals surface area contributed by atoms with Crippen LogP contribution in [0, 0.1) is 17.2 Å². The first-order chi connectivity index (χ1) is 10.8. The Morgan fingerprint density at radius 3 is 2.65 bits per heavy atom. The first-order valence-electron chi connectivity index (χ1n) is 8.51. The van der Waals surface area contributed by atoms with Crippen molar-refractivity contribution in [1.29, 1.82) is 0 Å². The first-order valence-corrected chi connectivity index (χ1v) is 8.51. The molecule has 0 amide bonds. The SMILES string of the molecule is CC(C)C(CO)NCc1nc(C2=CCC(C)(C)CC2)ccc1F. The van der Waals surface area contributed by atoms with Crippen LogP contribution in [0.1, 0.15) is 58.3 Å². The van der Waals surface area contributed by atoms with Crippen LogP contribution in [0.2, 0.25) is 0 Å². The quantitative estimate of drug-likeness (QED) is 0.835. The molecule has 1 aromatic heterocycles. The van der Waals surface area contributed by atoms with E-state index in [0.29, 0.717) is 17.7 Å². The second-order valence-electron chi connectivity index (χ2n) is 7.64. The number of nitrogens with zero attached hydrogens (tertiary/aromatic N) is 1. The normalized spacial score (nSPS) is 18.8. The zero-order chi connectivity index (χ0) is 17.0. The van der Waals surface area contributed by atoms with Crippen molar-refractivity contribution in [2.24, 2.45) is 11.3 Å². The van der Waals surface area contributed by atoms with E-state index < -0.39 is 0 Å². The van der Waals surface area contributed by atoms with Crippen molar-refractivity contribution in [3.8, 4) is 0 Å². The van der Waals surface area contributed by atoms with E-state index in [2.05, 4.69) is 30.2 Å². The Morgan fingerprint density at radius 1 is 1.35 bits per heavy atom. The molecule has 4 heteroatoms. The van der Waals surface area contributed by atoms with Gasteiger partial charge in [-0.2, -0.15) is 0 Å². The van der Waals surface area contributed by atoms with Gasteiger partial charge in [-0.1, -0.05) is 33.8 Å². The van der Waals surface area contributed by atoms with E-state index in [9.17, 15) is 9.50 Å². The van der Waals surface area contributed by atoms with Gasteiger partial charge in [0.25, 0.3) is 0 Å². The van der Waals surface area contributed by atoms with Crippen LogP contribution in [-0.4, -0.2) is 22.7 Å². The van der Waals surface area contributed by atoms with Crippen molar-refractivity contribution >= 4 is 5.57 Å². The number of aromatic nitrogens is 1. The zero-order valence-corrected chi connectivity index (χ0v) is 14.7. The number of aliphatic hydroxyl groups is 1. The topological polar surface area (TPSA) is 45.1 Å². The number of pyridine rings is 1. The number of rotatable bonds is 6. The minimum Gasteiger partial charge on any atom is -0.395 e. The van der Waals surface area contributed by atoms with Crippen LogP contribution in [0.15, 0.2) is 18.2 Å². The Balaban J connectivity index is 2.12. The number of nitrogens with one attached hydrogen (secondary N) is 1. The summed E-state index contributed by atoms with van der Waals surface area (Å²) in [7, 11) is 0. The summed E-state index contributed by atoms with van der Waals surface area (Å²) in [5, 5.41) is 12.6. The number of aliphatic hydroxyl groups excluding tert-OH is 1. The van der Waals surface area contributed by atoms with Gasteiger partial charge in [-0.15, -0.1) is 0 Å². The highest BCUT2D eigenvalue weighted by molar-refractivity contribution is 5.63. The maximum absolute atomic E-state index is 14.0. The summed E-state index contributed by atoms with van der Waals surface area (Å²) in [4.78, 5) is 4.52. The first kappa shape index (κ1) is 18.1. The van der Waals surface area contributed by atoms with Crippen molar-refractivity contribution < 1.29 is 9.50 Å². The van der Waals surface area contributed by atoms with Gasteiger partial charge in [-0.25, -0.2) is 9.37 Å². The summed E-state index contributed by atoms with van der Waals surface area (Å²) in [6.45, 7) is 8.98. The smallest absolute Gasteiger partial charge is 0.146 e. The third kappa shape index (κ3) is 4.85. The highest BCUT2D eigenvalue weighted by Gasteiger charge is 2.23. The van der Waals surface area contributed by atoms with Crippen molar-refractivity contribution in [2.75, 3.05) is 6.61 Å². The lowest BCUT2D eigenvalue weighted by Crippen LogP contribution is -2.37. The fourth-order valence-corrected chi connectivity index (χ4v) is 2.84. The van der Waals surface area contributed by atoms with E-state index in [0.717, 1.165) is 25.0 Å². The van der Waals surface area contributed by atoms with Gasteiger partial charge in [-0.05, 0) is 48.3 Å². The monoisotopic (exact) mass is 320 g/mol. The molecular formula is C19H29FN2O. The number of hydrogen-bond donors (Lipinski definition) is 2. The molecule has 23 heavy (non-hydrogen) atoms. The lowest BCUT2D eigenvalue weighted by molar-refractivity contribution is 0.209. The molecular weight excluding hydrogens is 291 g/mol. The Bertz CT molecular complexity index is 566. The number of hydrogen-bond acceptors (Lipinski definition) is 3. The third-order valence-electron chi connectivity index (χ3n) is 4.75. The average Bonchev–Trinajstić information content (AvgIpc) is 2.49. The lowest BCUT2D eigenvalue weighted by Gasteiger charge is -2.28. The molecule has 1 aliphatic carbocycles. The minimum absolute atomic E-state index is 0.0409. The maximum Gasteiger partial charge on any atom is 0.146 e. The molecule has 0 radical (unpaired) electrons. The summed E-state index contributed by atoms with van der Waals surface area (Å²) >= 11 is 0. The van der Waals surface area contributed by atoms with Crippen molar-refractivity contribution in [3.05, 3.63) is 35.4 Å². The Kier molecular flexibility index (Phi) is 5.93. The van der Waals surface area contributed by atoms with E-state index in [-0.39, 0.29) is 24.4 Å². The summed E-state index contributed by atoms with van der Waals surface area (Å²) < 4.78 is 14.0. The van der Waals surface area contributed by atoms with E-state index in [1.807, 2.05) is 13.8 Å². The highest BCUT2D eigenvalue weighted by Crippen LogP contribution is 2.37. The van der Waals surface area contributed by atoms with Crippen molar-refractivity contribution in [1.82, 2.24) is 10.3 Å². The molecule has 3 nitrogen and oxygen atoms in total. The fourth-order valence-electron chi connectivity index (χ4n) is 2.84. The maximum atomic E-state index is 14.0. The summed E-state index contributed by atoms with van der Waals surface area (Å²) in [6, 6.07) is 3.23. The summed E-state index contributed by atoms with van der Waals surface area (Å²) in [5.74, 6) is -0.00652. The molecule has 0 saturated carbocycles. The predicted molar refractivity (Wildman–Crippen MR) is 92.4 cm³/mol. The molecule has 1 aliphatic rings.